The highest BCUT2D eigenvalue weighted by molar-refractivity contribution is 6.18. The summed E-state index contributed by atoms with van der Waals surface area (Å²) in [5.41, 5.74) is 0. The maximum absolute atomic E-state index is 10.0. The summed E-state index contributed by atoms with van der Waals surface area (Å²) in [6, 6.07) is 0. The lowest BCUT2D eigenvalue weighted by molar-refractivity contribution is -0.135. The van der Waals surface area contributed by atoms with Crippen LogP contribution in [-0.4, -0.2) is 11.8 Å². The van der Waals surface area contributed by atoms with Gasteiger partial charge in [-0.05, 0) is 6.08 Å². The minimum absolute atomic E-state index is 0.327. The van der Waals surface area contributed by atoms with E-state index in [1.165, 1.54) is 13.2 Å². The van der Waals surface area contributed by atoms with Gasteiger partial charge in [0.15, 0.2) is 0 Å². The quantitative estimate of drug-likeness (QED) is 0.323. The van der Waals surface area contributed by atoms with E-state index in [2.05, 4.69) is 4.74 Å². The van der Waals surface area contributed by atoms with Crippen LogP contribution in [0.5, 0.6) is 0 Å². The molecule has 0 aromatic rings. The van der Waals surface area contributed by atoms with Gasteiger partial charge in [0.1, 0.15) is 0 Å². The second-order valence-electron chi connectivity index (χ2n) is 1.14. The van der Waals surface area contributed by atoms with Gasteiger partial charge in [0.05, 0.1) is 6.26 Å². The Kier molecular flexibility index (Phi) is 4.36. The first kappa shape index (κ1) is 7.50. The van der Waals surface area contributed by atoms with Crippen molar-refractivity contribution in [1.29, 1.82) is 0 Å². The standard InChI is InChI=1S/C5H7ClO2/c1-5(7)8-4-2-3-6/h2,4H,3H2,1H3. The first-order valence-corrected chi connectivity index (χ1v) is 2.69. The molecule has 0 N–H and O–H groups in total. The molecule has 2 nitrogen and oxygen atoms in total. The van der Waals surface area contributed by atoms with Crippen molar-refractivity contribution in [3.8, 4) is 0 Å². The van der Waals surface area contributed by atoms with Gasteiger partial charge in [-0.1, -0.05) is 0 Å². The van der Waals surface area contributed by atoms with E-state index >= 15 is 0 Å². The maximum Gasteiger partial charge on any atom is 0.307 e. The molecular weight excluding hydrogens is 128 g/mol. The van der Waals surface area contributed by atoms with Gasteiger partial charge in [0, 0.05) is 12.8 Å². The molecule has 0 aromatic heterocycles. The van der Waals surface area contributed by atoms with Crippen LogP contribution in [0.4, 0.5) is 0 Å². The maximum atomic E-state index is 10.0. The summed E-state index contributed by atoms with van der Waals surface area (Å²) in [7, 11) is 0. The molecule has 0 aliphatic carbocycles. The zero-order valence-corrected chi connectivity index (χ0v) is 5.31. The normalized spacial score (nSPS) is 9.75. The van der Waals surface area contributed by atoms with Crippen LogP contribution in [0.3, 0.4) is 0 Å². The number of carbonyl (C=O) groups excluding carboxylic acids is 1. The van der Waals surface area contributed by atoms with Crippen LogP contribution in [0, 0.1) is 0 Å². The molecule has 0 fully saturated rings. The van der Waals surface area contributed by atoms with Crippen LogP contribution in [0.2, 0.25) is 0 Å². The van der Waals surface area contributed by atoms with Gasteiger partial charge < -0.3 is 4.74 Å². The molecular formula is C5H7ClO2. The van der Waals surface area contributed by atoms with E-state index in [0.29, 0.717) is 5.88 Å². The van der Waals surface area contributed by atoms with Crippen LogP contribution >= 0.6 is 11.6 Å². The molecule has 0 aliphatic heterocycles. The number of allylic oxidation sites excluding steroid dienone is 1. The predicted octanol–water partition coefficient (Wildman–Crippen LogP) is 1.30. The fourth-order valence-corrected chi connectivity index (χ4v) is 0.253. The number of halogens is 1. The Balaban J connectivity index is 3.16. The fourth-order valence-electron chi connectivity index (χ4n) is 0.180. The average Bonchev–Trinajstić information content (AvgIpc) is 1.66. The number of rotatable bonds is 2. The molecule has 0 rings (SSSR count). The Morgan fingerprint density at radius 2 is 2.50 bits per heavy atom. The second-order valence-corrected chi connectivity index (χ2v) is 1.44. The van der Waals surface area contributed by atoms with Gasteiger partial charge in [0.2, 0.25) is 0 Å². The Bertz CT molecular complexity index is 98.6. The van der Waals surface area contributed by atoms with Crippen molar-refractivity contribution < 1.29 is 9.53 Å². The van der Waals surface area contributed by atoms with E-state index in [-0.39, 0.29) is 5.97 Å². The summed E-state index contributed by atoms with van der Waals surface area (Å²) in [6.45, 7) is 1.33. The first-order valence-electron chi connectivity index (χ1n) is 2.15. The summed E-state index contributed by atoms with van der Waals surface area (Å²) in [6.07, 6.45) is 2.82. The van der Waals surface area contributed by atoms with E-state index in [1.54, 1.807) is 6.08 Å². The molecule has 0 spiro atoms. The number of hydrogen-bond donors (Lipinski definition) is 0. The topological polar surface area (TPSA) is 26.3 Å². The molecule has 46 valence electrons. The van der Waals surface area contributed by atoms with E-state index in [4.69, 9.17) is 11.6 Å². The molecule has 0 atom stereocenters. The number of alkyl halides is 1. The number of esters is 1. The van der Waals surface area contributed by atoms with Crippen molar-refractivity contribution >= 4 is 17.6 Å². The predicted molar refractivity (Wildman–Crippen MR) is 31.6 cm³/mol. The molecule has 0 amide bonds. The zero-order chi connectivity index (χ0) is 6.41. The Labute approximate surface area is 53.1 Å². The van der Waals surface area contributed by atoms with Crippen LogP contribution in [-0.2, 0) is 9.53 Å². The molecule has 0 unspecified atom stereocenters. The Hall–Kier alpha value is -0.500. The lowest BCUT2D eigenvalue weighted by Gasteiger charge is -1.86. The molecule has 0 aromatic carbocycles. The van der Waals surface area contributed by atoms with Crippen LogP contribution < -0.4 is 0 Å². The molecule has 0 heterocycles. The minimum Gasteiger partial charge on any atom is -0.435 e. The van der Waals surface area contributed by atoms with Crippen molar-refractivity contribution in [2.24, 2.45) is 0 Å². The summed E-state index contributed by atoms with van der Waals surface area (Å²) in [4.78, 5) is 10.0. The smallest absolute Gasteiger partial charge is 0.307 e. The highest BCUT2D eigenvalue weighted by Gasteiger charge is 1.81. The van der Waals surface area contributed by atoms with Crippen LogP contribution in [0.15, 0.2) is 12.3 Å². The first-order chi connectivity index (χ1) is 3.77. The van der Waals surface area contributed by atoms with E-state index in [0.717, 1.165) is 0 Å². The average molecular weight is 135 g/mol. The number of hydrogen-bond acceptors (Lipinski definition) is 2. The largest absolute Gasteiger partial charge is 0.435 e. The highest BCUT2D eigenvalue weighted by Crippen LogP contribution is 1.80. The van der Waals surface area contributed by atoms with Gasteiger partial charge in [-0.3, -0.25) is 4.79 Å². The summed E-state index contributed by atoms with van der Waals surface area (Å²) in [5, 5.41) is 0. The van der Waals surface area contributed by atoms with E-state index in [9.17, 15) is 4.79 Å². The molecule has 0 aliphatic rings. The molecule has 0 saturated carbocycles. The van der Waals surface area contributed by atoms with E-state index < -0.39 is 0 Å². The molecule has 0 bridgehead atoms. The fraction of sp³-hybridized carbons (Fsp3) is 0.400. The van der Waals surface area contributed by atoms with Crippen LogP contribution in [0.1, 0.15) is 6.92 Å². The molecule has 8 heavy (non-hydrogen) atoms. The Morgan fingerprint density at radius 3 is 2.88 bits per heavy atom. The SMILES string of the molecule is CC(=O)OC=CCCl. The van der Waals surface area contributed by atoms with Gasteiger partial charge in [-0.2, -0.15) is 0 Å². The third-order valence-corrected chi connectivity index (χ3v) is 0.597. The van der Waals surface area contributed by atoms with Crippen LogP contribution in [0.25, 0.3) is 0 Å². The van der Waals surface area contributed by atoms with Gasteiger partial charge in [-0.25, -0.2) is 0 Å². The van der Waals surface area contributed by atoms with Crippen molar-refractivity contribution in [3.05, 3.63) is 12.3 Å². The van der Waals surface area contributed by atoms with Gasteiger partial charge in [0.25, 0.3) is 0 Å². The monoisotopic (exact) mass is 134 g/mol. The summed E-state index contributed by atoms with van der Waals surface area (Å²) < 4.78 is 4.38. The zero-order valence-electron chi connectivity index (χ0n) is 4.56. The lowest BCUT2D eigenvalue weighted by Crippen LogP contribution is -1.88. The second kappa shape index (κ2) is 4.65. The number of carbonyl (C=O) groups is 1. The van der Waals surface area contributed by atoms with Gasteiger partial charge >= 0.3 is 5.97 Å². The Morgan fingerprint density at radius 1 is 1.88 bits per heavy atom. The molecule has 0 radical (unpaired) electrons. The lowest BCUT2D eigenvalue weighted by atomic mass is 10.7. The molecule has 0 saturated heterocycles. The molecule has 3 heteroatoms. The van der Waals surface area contributed by atoms with Crippen molar-refractivity contribution in [2.75, 3.05) is 5.88 Å². The third-order valence-electron chi connectivity index (χ3n) is 0.419. The third kappa shape index (κ3) is 5.50. The van der Waals surface area contributed by atoms with Crippen molar-refractivity contribution in [1.82, 2.24) is 0 Å². The van der Waals surface area contributed by atoms with Crippen molar-refractivity contribution in [3.63, 3.8) is 0 Å². The summed E-state index contributed by atoms with van der Waals surface area (Å²) >= 11 is 5.21. The van der Waals surface area contributed by atoms with E-state index in [1.807, 2.05) is 0 Å². The highest BCUT2D eigenvalue weighted by atomic mass is 35.5. The summed E-state index contributed by atoms with van der Waals surface area (Å²) in [5.74, 6) is 0.0409. The number of ether oxygens (including phenoxy) is 1. The minimum atomic E-state index is -0.327. The van der Waals surface area contributed by atoms with Crippen molar-refractivity contribution in [2.45, 2.75) is 6.92 Å². The van der Waals surface area contributed by atoms with Gasteiger partial charge in [-0.15, -0.1) is 11.6 Å².